The normalized spacial score (nSPS) is 11.8. The highest BCUT2D eigenvalue weighted by Gasteiger charge is 2.25. The number of hydrogen-bond donors (Lipinski definition) is 0. The minimum absolute atomic E-state index is 0.0833. The first-order valence-corrected chi connectivity index (χ1v) is 11.3. The number of sulfone groups is 1. The highest BCUT2D eigenvalue weighted by Crippen LogP contribution is 2.27. The number of hydrogen-bond acceptors (Lipinski definition) is 5. The van der Waals surface area contributed by atoms with Gasteiger partial charge in [-0.2, -0.15) is 0 Å². The predicted octanol–water partition coefficient (Wildman–Crippen LogP) is 4.22. The van der Waals surface area contributed by atoms with Crippen LogP contribution in [0, 0.1) is 6.92 Å². The fourth-order valence-corrected chi connectivity index (χ4v) is 5.03. The summed E-state index contributed by atoms with van der Waals surface area (Å²) in [5.41, 5.74) is 2.20. The number of halogens is 1. The predicted molar refractivity (Wildman–Crippen MR) is 114 cm³/mol. The molecule has 0 N–H and O–H groups in total. The third-order valence-electron chi connectivity index (χ3n) is 4.76. The number of carbonyl (C=O) groups is 1. The van der Waals surface area contributed by atoms with Crippen LogP contribution in [0.2, 0.25) is 5.02 Å². The van der Waals surface area contributed by atoms with Crippen molar-refractivity contribution < 1.29 is 17.7 Å². The highest BCUT2D eigenvalue weighted by molar-refractivity contribution is 7.92. The molecule has 0 atom stereocenters. The highest BCUT2D eigenvalue weighted by atomic mass is 35.5. The van der Waals surface area contributed by atoms with Gasteiger partial charge >= 0.3 is 0 Å². The van der Waals surface area contributed by atoms with E-state index in [4.69, 9.17) is 16.1 Å². The first-order chi connectivity index (χ1) is 14.3. The van der Waals surface area contributed by atoms with Crippen molar-refractivity contribution in [2.75, 3.05) is 5.75 Å². The summed E-state index contributed by atoms with van der Waals surface area (Å²) in [5, 5.41) is 4.99. The van der Waals surface area contributed by atoms with Crippen LogP contribution in [0.1, 0.15) is 17.0 Å². The zero-order valence-electron chi connectivity index (χ0n) is 16.2. The Morgan fingerprint density at radius 2 is 1.87 bits per heavy atom. The molecule has 2 aromatic carbocycles. The fraction of sp³-hybridized carbons (Fsp3) is 0.182. The van der Waals surface area contributed by atoms with E-state index in [0.29, 0.717) is 28.4 Å². The largest absolute Gasteiger partial charge is 0.361 e. The molecule has 0 aliphatic carbocycles. The summed E-state index contributed by atoms with van der Waals surface area (Å²) in [4.78, 5) is 12.5. The van der Waals surface area contributed by atoms with Crippen LogP contribution >= 0.6 is 11.6 Å². The summed E-state index contributed by atoms with van der Waals surface area (Å²) in [6.45, 7) is 2.20. The van der Waals surface area contributed by atoms with E-state index in [1.54, 1.807) is 43.5 Å². The molecule has 0 amide bonds. The van der Waals surface area contributed by atoms with Crippen LogP contribution in [0.5, 0.6) is 0 Å². The molecule has 6 nitrogen and oxygen atoms in total. The van der Waals surface area contributed by atoms with E-state index in [-0.39, 0.29) is 11.3 Å². The molecule has 30 heavy (non-hydrogen) atoms. The molecule has 0 unspecified atom stereocenters. The van der Waals surface area contributed by atoms with Crippen molar-refractivity contribution in [1.29, 1.82) is 0 Å². The Kier molecular flexibility index (Phi) is 5.49. The second-order valence-electron chi connectivity index (χ2n) is 7.17. The van der Waals surface area contributed by atoms with E-state index in [1.807, 2.05) is 28.8 Å². The number of aryl methyl sites for hydroxylation is 1. The number of fused-ring (bicyclic) bond motifs is 1. The first-order valence-electron chi connectivity index (χ1n) is 9.31. The number of ketones is 1. The van der Waals surface area contributed by atoms with Gasteiger partial charge in [-0.25, -0.2) is 8.42 Å². The van der Waals surface area contributed by atoms with Gasteiger partial charge in [0.15, 0.2) is 15.6 Å². The molecule has 0 fully saturated rings. The van der Waals surface area contributed by atoms with Gasteiger partial charge in [-0.3, -0.25) is 4.79 Å². The van der Waals surface area contributed by atoms with Gasteiger partial charge in [-0.1, -0.05) is 47.1 Å². The van der Waals surface area contributed by atoms with Gasteiger partial charge in [0.2, 0.25) is 0 Å². The van der Waals surface area contributed by atoms with E-state index >= 15 is 0 Å². The van der Waals surface area contributed by atoms with Crippen molar-refractivity contribution in [2.45, 2.75) is 24.8 Å². The Morgan fingerprint density at radius 3 is 2.57 bits per heavy atom. The van der Waals surface area contributed by atoms with Crippen molar-refractivity contribution in [1.82, 2.24) is 9.72 Å². The van der Waals surface area contributed by atoms with E-state index in [1.165, 1.54) is 0 Å². The second-order valence-corrected chi connectivity index (χ2v) is 9.56. The Hall–Kier alpha value is -2.90. The van der Waals surface area contributed by atoms with Crippen molar-refractivity contribution in [2.24, 2.45) is 0 Å². The lowest BCUT2D eigenvalue weighted by Gasteiger charge is -2.05. The standard InChI is InChI=1S/C22H19ClN2O4S/c1-15-10-18(24-29-15)11-19(26)14-30(27,28)22-13-25(21-5-3-2-4-20(21)22)12-16-6-8-17(23)9-7-16/h2-10,13H,11-12,14H2,1H3. The third-order valence-corrected chi connectivity index (χ3v) is 6.71. The lowest BCUT2D eigenvalue weighted by Crippen LogP contribution is -2.18. The van der Waals surface area contributed by atoms with Crippen molar-refractivity contribution >= 4 is 38.1 Å². The minimum Gasteiger partial charge on any atom is -0.361 e. The molecule has 8 heteroatoms. The summed E-state index contributed by atoms with van der Waals surface area (Å²) >= 11 is 5.95. The van der Waals surface area contributed by atoms with Gasteiger partial charge in [0.1, 0.15) is 11.5 Å². The van der Waals surface area contributed by atoms with E-state index in [9.17, 15) is 13.2 Å². The Labute approximate surface area is 179 Å². The fourth-order valence-electron chi connectivity index (χ4n) is 3.42. The number of nitrogens with zero attached hydrogens (tertiary/aromatic N) is 2. The number of para-hydroxylation sites is 1. The Morgan fingerprint density at radius 1 is 1.13 bits per heavy atom. The average Bonchev–Trinajstić information content (AvgIpc) is 3.27. The molecule has 0 spiro atoms. The summed E-state index contributed by atoms with van der Waals surface area (Å²) < 4.78 is 32.9. The topological polar surface area (TPSA) is 82.2 Å². The lowest BCUT2D eigenvalue weighted by atomic mass is 10.2. The molecule has 0 bridgehead atoms. The van der Waals surface area contributed by atoms with E-state index in [0.717, 1.165) is 11.1 Å². The van der Waals surface area contributed by atoms with Crippen molar-refractivity contribution in [3.8, 4) is 0 Å². The van der Waals surface area contributed by atoms with E-state index in [2.05, 4.69) is 5.16 Å². The molecule has 0 aliphatic heterocycles. The van der Waals surface area contributed by atoms with Gasteiger partial charge in [0.05, 0.1) is 17.0 Å². The maximum atomic E-state index is 13.1. The molecule has 0 saturated carbocycles. The molecule has 0 radical (unpaired) electrons. The molecule has 0 aliphatic rings. The van der Waals surface area contributed by atoms with Crippen LogP contribution in [0.4, 0.5) is 0 Å². The minimum atomic E-state index is -3.83. The van der Waals surface area contributed by atoms with E-state index < -0.39 is 21.4 Å². The van der Waals surface area contributed by atoms with Gasteiger partial charge < -0.3 is 9.09 Å². The Balaban J connectivity index is 1.64. The van der Waals surface area contributed by atoms with Crippen LogP contribution in [0.25, 0.3) is 10.9 Å². The van der Waals surface area contributed by atoms with Gasteiger partial charge in [0, 0.05) is 34.7 Å². The molecular formula is C22H19ClN2O4S. The SMILES string of the molecule is Cc1cc(CC(=O)CS(=O)(=O)c2cn(Cc3ccc(Cl)cc3)c3ccccc23)no1. The number of aromatic nitrogens is 2. The number of rotatable bonds is 7. The molecule has 2 heterocycles. The monoisotopic (exact) mass is 442 g/mol. The Bertz CT molecular complexity index is 1320. The van der Waals surface area contributed by atoms with Gasteiger partial charge in [-0.15, -0.1) is 0 Å². The lowest BCUT2D eigenvalue weighted by molar-refractivity contribution is -0.116. The summed E-state index contributed by atoms with van der Waals surface area (Å²) in [6.07, 6.45) is 1.52. The number of benzene rings is 2. The molecule has 0 saturated heterocycles. The van der Waals surface area contributed by atoms with Crippen LogP contribution in [0.3, 0.4) is 0 Å². The van der Waals surface area contributed by atoms with Gasteiger partial charge in [-0.05, 0) is 30.7 Å². The quantitative estimate of drug-likeness (QED) is 0.428. The van der Waals surface area contributed by atoms with Gasteiger partial charge in [0.25, 0.3) is 0 Å². The number of carbonyl (C=O) groups excluding carboxylic acids is 1. The van der Waals surface area contributed by atoms with Crippen LogP contribution < -0.4 is 0 Å². The molecule has 4 aromatic rings. The zero-order chi connectivity index (χ0) is 21.3. The zero-order valence-corrected chi connectivity index (χ0v) is 17.8. The third kappa shape index (κ3) is 4.32. The van der Waals surface area contributed by atoms with Crippen LogP contribution in [0.15, 0.2) is 70.2 Å². The van der Waals surface area contributed by atoms with Crippen LogP contribution in [-0.2, 0) is 27.6 Å². The second kappa shape index (κ2) is 8.08. The summed E-state index contributed by atoms with van der Waals surface area (Å²) in [7, 11) is -3.83. The first kappa shape index (κ1) is 20.4. The summed E-state index contributed by atoms with van der Waals surface area (Å²) in [6, 6.07) is 16.3. The molecule has 2 aromatic heterocycles. The molecule has 154 valence electrons. The van der Waals surface area contributed by atoms with Crippen LogP contribution in [-0.4, -0.2) is 29.7 Å². The molecular weight excluding hydrogens is 424 g/mol. The molecule has 4 rings (SSSR count). The maximum Gasteiger partial charge on any atom is 0.187 e. The smallest absolute Gasteiger partial charge is 0.187 e. The van der Waals surface area contributed by atoms with Crippen molar-refractivity contribution in [3.05, 3.63) is 82.8 Å². The summed E-state index contributed by atoms with van der Waals surface area (Å²) in [5.74, 6) is -0.447. The average molecular weight is 443 g/mol. The number of Topliss-reactive ketones (excluding diaryl/α,β-unsaturated/α-hetero) is 1. The van der Waals surface area contributed by atoms with Crippen molar-refractivity contribution in [3.63, 3.8) is 0 Å². The maximum absolute atomic E-state index is 13.1.